The van der Waals surface area contributed by atoms with Crippen LogP contribution in [0.4, 0.5) is 4.79 Å². The third-order valence-corrected chi connectivity index (χ3v) is 4.90. The normalized spacial score (nSPS) is 15.5. The van der Waals surface area contributed by atoms with Crippen molar-refractivity contribution in [3.05, 3.63) is 34.5 Å². The Hall–Kier alpha value is -2.54. The average Bonchev–Trinajstić information content (AvgIpc) is 3.23. The van der Waals surface area contributed by atoms with Crippen molar-refractivity contribution in [2.45, 2.75) is 51.7 Å². The number of nitrogens with one attached hydrogen (secondary N) is 2. The molecule has 1 aromatic heterocycles. The van der Waals surface area contributed by atoms with E-state index in [2.05, 4.69) is 10.6 Å². The van der Waals surface area contributed by atoms with E-state index in [1.165, 1.54) is 6.92 Å². The maximum absolute atomic E-state index is 12.4. The number of imide groups is 1. The second kappa shape index (κ2) is 8.00. The van der Waals surface area contributed by atoms with E-state index in [1.807, 2.05) is 0 Å². The molecule has 27 heavy (non-hydrogen) atoms. The molecule has 3 amide bonds. The number of benzene rings is 1. The van der Waals surface area contributed by atoms with Gasteiger partial charge in [-0.05, 0) is 44.9 Å². The summed E-state index contributed by atoms with van der Waals surface area (Å²) in [5.74, 6) is -1.48. The van der Waals surface area contributed by atoms with Crippen molar-refractivity contribution in [2.75, 3.05) is 0 Å². The van der Waals surface area contributed by atoms with Crippen molar-refractivity contribution in [2.24, 2.45) is 0 Å². The fraction of sp³-hybridized carbons (Fsp3) is 0.421. The summed E-state index contributed by atoms with van der Waals surface area (Å²) in [4.78, 5) is 36.3. The Morgan fingerprint density at radius 2 is 1.96 bits per heavy atom. The number of hydrogen-bond donors (Lipinski definition) is 2. The number of urea groups is 1. The number of aryl methyl sites for hydroxylation is 1. The number of ether oxygens (including phenoxy) is 1. The molecule has 7 nitrogen and oxygen atoms in total. The molecule has 0 aliphatic heterocycles. The number of carbonyl (C=O) groups is 3. The van der Waals surface area contributed by atoms with Crippen molar-refractivity contribution in [3.8, 4) is 0 Å². The van der Waals surface area contributed by atoms with Crippen molar-refractivity contribution in [3.63, 3.8) is 0 Å². The van der Waals surface area contributed by atoms with E-state index in [-0.39, 0.29) is 11.8 Å². The Labute approximate surface area is 161 Å². The molecule has 1 fully saturated rings. The van der Waals surface area contributed by atoms with Crippen LogP contribution in [0.5, 0.6) is 0 Å². The van der Waals surface area contributed by atoms with Crippen LogP contribution in [-0.4, -0.2) is 30.1 Å². The predicted molar refractivity (Wildman–Crippen MR) is 99.8 cm³/mol. The van der Waals surface area contributed by atoms with Crippen LogP contribution in [0.2, 0.25) is 5.02 Å². The van der Waals surface area contributed by atoms with E-state index in [9.17, 15) is 14.4 Å². The molecule has 8 heteroatoms. The van der Waals surface area contributed by atoms with Gasteiger partial charge < -0.3 is 14.5 Å². The van der Waals surface area contributed by atoms with Crippen LogP contribution >= 0.6 is 11.6 Å². The van der Waals surface area contributed by atoms with Gasteiger partial charge in [-0.2, -0.15) is 0 Å². The predicted octanol–water partition coefficient (Wildman–Crippen LogP) is 3.71. The number of carbonyl (C=O) groups excluding carboxylic acids is 3. The Kier molecular flexibility index (Phi) is 5.70. The summed E-state index contributed by atoms with van der Waals surface area (Å²) in [7, 11) is 0. The zero-order valence-electron chi connectivity index (χ0n) is 15.1. The summed E-state index contributed by atoms with van der Waals surface area (Å²) in [5.41, 5.74) is 1.07. The Morgan fingerprint density at radius 3 is 2.67 bits per heavy atom. The van der Waals surface area contributed by atoms with E-state index in [4.69, 9.17) is 20.8 Å². The molecule has 1 aliphatic carbocycles. The van der Waals surface area contributed by atoms with E-state index in [1.54, 1.807) is 25.1 Å². The van der Waals surface area contributed by atoms with Gasteiger partial charge in [-0.15, -0.1) is 0 Å². The molecule has 0 bridgehead atoms. The van der Waals surface area contributed by atoms with Crippen molar-refractivity contribution in [1.82, 2.24) is 10.6 Å². The molecule has 1 saturated carbocycles. The summed E-state index contributed by atoms with van der Waals surface area (Å²) in [6.07, 6.45) is 2.79. The summed E-state index contributed by atoms with van der Waals surface area (Å²) in [5, 5.41) is 6.15. The van der Waals surface area contributed by atoms with E-state index < -0.39 is 24.0 Å². The molecule has 0 radical (unpaired) electrons. The molecule has 1 atom stereocenters. The maximum atomic E-state index is 12.4. The standard InChI is InChI=1S/C19H21ClN2O5/c1-10-14-9-12(20)7-8-15(14)27-16(10)18(24)26-11(2)17(23)22-19(25)21-13-5-3-4-6-13/h7-9,11,13H,3-6H2,1-2H3,(H2,21,22,23,25)/t11-/m0/s1. The van der Waals surface area contributed by atoms with Gasteiger partial charge in [0.25, 0.3) is 5.91 Å². The first-order valence-electron chi connectivity index (χ1n) is 8.86. The van der Waals surface area contributed by atoms with Gasteiger partial charge in [0.1, 0.15) is 5.58 Å². The van der Waals surface area contributed by atoms with Crippen molar-refractivity contribution >= 4 is 40.5 Å². The van der Waals surface area contributed by atoms with Crippen molar-refractivity contribution in [1.29, 1.82) is 0 Å². The third kappa shape index (κ3) is 4.42. The summed E-state index contributed by atoms with van der Waals surface area (Å²) in [6, 6.07) is 4.51. The van der Waals surface area contributed by atoms with Gasteiger partial charge in [-0.25, -0.2) is 9.59 Å². The Morgan fingerprint density at radius 1 is 1.26 bits per heavy atom. The third-order valence-electron chi connectivity index (χ3n) is 4.66. The van der Waals surface area contributed by atoms with Gasteiger partial charge in [0.2, 0.25) is 5.76 Å². The minimum absolute atomic E-state index is 0.00215. The zero-order chi connectivity index (χ0) is 19.6. The Balaban J connectivity index is 1.60. The molecular weight excluding hydrogens is 372 g/mol. The highest BCUT2D eigenvalue weighted by atomic mass is 35.5. The first kappa shape index (κ1) is 19.2. The second-order valence-electron chi connectivity index (χ2n) is 6.69. The van der Waals surface area contributed by atoms with E-state index in [0.717, 1.165) is 25.7 Å². The van der Waals surface area contributed by atoms with Gasteiger partial charge >= 0.3 is 12.0 Å². The van der Waals surface area contributed by atoms with Crippen LogP contribution in [0.15, 0.2) is 22.6 Å². The largest absolute Gasteiger partial charge is 0.449 e. The number of amides is 3. The number of rotatable bonds is 4. The van der Waals surface area contributed by atoms with Crippen LogP contribution < -0.4 is 10.6 Å². The molecule has 0 saturated heterocycles. The molecular formula is C19H21ClN2O5. The van der Waals surface area contributed by atoms with Gasteiger partial charge in [0, 0.05) is 22.0 Å². The highest BCUT2D eigenvalue weighted by Crippen LogP contribution is 2.28. The molecule has 1 heterocycles. The monoisotopic (exact) mass is 392 g/mol. The second-order valence-corrected chi connectivity index (χ2v) is 7.12. The van der Waals surface area contributed by atoms with Crippen LogP contribution in [0.3, 0.4) is 0 Å². The first-order valence-corrected chi connectivity index (χ1v) is 9.24. The smallest absolute Gasteiger partial charge is 0.375 e. The summed E-state index contributed by atoms with van der Waals surface area (Å²) >= 11 is 5.97. The molecule has 1 aliphatic rings. The topological polar surface area (TPSA) is 97.6 Å². The molecule has 0 spiro atoms. The van der Waals surface area contributed by atoms with Crippen LogP contribution in [-0.2, 0) is 9.53 Å². The summed E-state index contributed by atoms with van der Waals surface area (Å²) in [6.45, 7) is 3.10. The average molecular weight is 393 g/mol. The zero-order valence-corrected chi connectivity index (χ0v) is 15.9. The maximum Gasteiger partial charge on any atom is 0.375 e. The first-order chi connectivity index (χ1) is 12.8. The molecule has 144 valence electrons. The van der Waals surface area contributed by atoms with E-state index >= 15 is 0 Å². The van der Waals surface area contributed by atoms with Gasteiger partial charge in [0.15, 0.2) is 6.10 Å². The van der Waals surface area contributed by atoms with Crippen LogP contribution in [0.1, 0.15) is 48.7 Å². The van der Waals surface area contributed by atoms with E-state index in [0.29, 0.717) is 21.6 Å². The van der Waals surface area contributed by atoms with Gasteiger partial charge in [-0.1, -0.05) is 24.4 Å². The number of esters is 1. The fourth-order valence-corrected chi connectivity index (χ4v) is 3.33. The quantitative estimate of drug-likeness (QED) is 0.773. The summed E-state index contributed by atoms with van der Waals surface area (Å²) < 4.78 is 10.7. The fourth-order valence-electron chi connectivity index (χ4n) is 3.16. The van der Waals surface area contributed by atoms with Crippen LogP contribution in [0, 0.1) is 6.92 Å². The van der Waals surface area contributed by atoms with Gasteiger partial charge in [-0.3, -0.25) is 10.1 Å². The molecule has 1 aromatic carbocycles. The SMILES string of the molecule is Cc1c(C(=O)O[C@@H](C)C(=O)NC(=O)NC2CCCC2)oc2ccc(Cl)cc12. The molecule has 3 rings (SSSR count). The number of fused-ring (bicyclic) bond motifs is 1. The molecule has 2 N–H and O–H groups in total. The van der Waals surface area contributed by atoms with Gasteiger partial charge in [0.05, 0.1) is 0 Å². The minimum Gasteiger partial charge on any atom is -0.449 e. The number of furan rings is 1. The number of hydrogen-bond acceptors (Lipinski definition) is 5. The lowest BCUT2D eigenvalue weighted by Gasteiger charge is -2.15. The van der Waals surface area contributed by atoms with Crippen LogP contribution in [0.25, 0.3) is 11.0 Å². The highest BCUT2D eigenvalue weighted by molar-refractivity contribution is 6.31. The molecule has 0 unspecified atom stereocenters. The highest BCUT2D eigenvalue weighted by Gasteiger charge is 2.26. The lowest BCUT2D eigenvalue weighted by molar-refractivity contribution is -0.128. The lowest BCUT2D eigenvalue weighted by Crippen LogP contribution is -2.47. The number of halogens is 1. The van der Waals surface area contributed by atoms with Crippen molar-refractivity contribution < 1.29 is 23.5 Å². The molecule has 2 aromatic rings. The minimum atomic E-state index is -1.15. The Bertz CT molecular complexity index is 886. The lowest BCUT2D eigenvalue weighted by atomic mass is 10.1.